The summed E-state index contributed by atoms with van der Waals surface area (Å²) in [6, 6.07) is 33.1. The van der Waals surface area contributed by atoms with Crippen LogP contribution in [-0.2, 0) is 21.9 Å². The summed E-state index contributed by atoms with van der Waals surface area (Å²) in [5.74, 6) is 0.983. The number of unbranched alkanes of at least 4 members (excludes halogenated alkanes) is 2. The number of ether oxygens (including phenoxy) is 2. The number of hydrogen-bond donors (Lipinski definition) is 0. The number of anilines is 2. The van der Waals surface area contributed by atoms with Gasteiger partial charge in [0.25, 0.3) is 0 Å². The van der Waals surface area contributed by atoms with Crippen LogP contribution < -0.4 is 14.9 Å². The first-order valence-electron chi connectivity index (χ1n) is 16.1. The number of aryl methyl sites for hydroxylation is 2. The maximum Gasteiger partial charge on any atom is 0.188 e. The second-order valence-corrected chi connectivity index (χ2v) is 15.1. The Kier molecular flexibility index (Phi) is 11.7. The molecule has 0 bridgehead atoms. The van der Waals surface area contributed by atoms with Crippen molar-refractivity contribution in [2.45, 2.75) is 91.3 Å². The van der Waals surface area contributed by atoms with E-state index in [-0.39, 0.29) is 17.4 Å². The van der Waals surface area contributed by atoms with Gasteiger partial charge in [0.05, 0.1) is 0 Å². The van der Waals surface area contributed by atoms with Gasteiger partial charge in [-0.05, 0) is 77.5 Å². The number of para-hydroxylation sites is 2. The van der Waals surface area contributed by atoms with Gasteiger partial charge >= 0.3 is 0 Å². The molecule has 0 radical (unpaired) electrons. The van der Waals surface area contributed by atoms with Crippen LogP contribution in [0, 0.1) is 13.8 Å². The fraction of sp³-hybridized carbons (Fsp3) is 0.400. The van der Waals surface area contributed by atoms with E-state index in [1.165, 1.54) is 63.8 Å². The molecule has 0 saturated carbocycles. The molecular weight excluding hydrogens is 557 g/mol. The molecule has 3 nitrogen and oxygen atoms in total. The number of benzene rings is 4. The molecule has 4 heteroatoms. The van der Waals surface area contributed by atoms with Crippen LogP contribution in [0.3, 0.4) is 0 Å². The molecule has 4 aromatic carbocycles. The van der Waals surface area contributed by atoms with Crippen LogP contribution in [-0.4, -0.2) is 13.9 Å². The molecule has 0 aliphatic rings. The van der Waals surface area contributed by atoms with Crippen molar-refractivity contribution in [1.82, 2.24) is 0 Å². The van der Waals surface area contributed by atoms with Crippen LogP contribution in [0.5, 0.6) is 5.75 Å². The molecule has 0 fully saturated rings. The highest BCUT2D eigenvalue weighted by Gasteiger charge is 2.34. The van der Waals surface area contributed by atoms with Gasteiger partial charge in [-0.1, -0.05) is 129 Å². The van der Waals surface area contributed by atoms with Crippen molar-refractivity contribution in [2.75, 3.05) is 18.8 Å². The molecule has 0 amide bonds. The lowest BCUT2D eigenvalue weighted by Gasteiger charge is -2.36. The molecule has 0 aliphatic heterocycles. The highest BCUT2D eigenvalue weighted by atomic mass is 31.1. The van der Waals surface area contributed by atoms with Gasteiger partial charge in [-0.2, -0.15) is 0 Å². The molecule has 0 heterocycles. The van der Waals surface area contributed by atoms with E-state index in [2.05, 4.69) is 144 Å². The fourth-order valence-corrected chi connectivity index (χ4v) is 7.73. The summed E-state index contributed by atoms with van der Waals surface area (Å²) in [5, 5.41) is 1.36. The van der Waals surface area contributed by atoms with Gasteiger partial charge in [-0.25, -0.2) is 0 Å². The van der Waals surface area contributed by atoms with Gasteiger partial charge in [0.15, 0.2) is 6.79 Å². The number of rotatable bonds is 14. The Labute approximate surface area is 268 Å². The Morgan fingerprint density at radius 2 is 1.39 bits per heavy atom. The smallest absolute Gasteiger partial charge is 0.188 e. The standard InChI is InChI=1S/C40H52NO2P/c1-9-10-17-25-40(7,36-27-33(39(4,5)6)26-31(3)37(36)43-29-42-8)44-38-30(2)19-18-20-32(38)28-41(34-21-13-11-14-22-34)35-23-15-12-16-24-35/h11-16,18-24,26-27,44H,9-10,17,25,28-29H2,1-8H3. The molecule has 234 valence electrons. The van der Waals surface area contributed by atoms with Crippen molar-refractivity contribution < 1.29 is 9.47 Å². The molecule has 0 aliphatic carbocycles. The minimum absolute atomic E-state index is 0.0342. The third-order valence-electron chi connectivity index (χ3n) is 8.56. The van der Waals surface area contributed by atoms with Crippen molar-refractivity contribution in [3.63, 3.8) is 0 Å². The molecular formula is C40H52NO2P. The highest BCUT2D eigenvalue weighted by molar-refractivity contribution is 7.48. The summed E-state index contributed by atoms with van der Waals surface area (Å²) >= 11 is 0. The van der Waals surface area contributed by atoms with Crippen molar-refractivity contribution >= 4 is 25.3 Å². The van der Waals surface area contributed by atoms with E-state index in [4.69, 9.17) is 9.47 Å². The van der Waals surface area contributed by atoms with E-state index in [9.17, 15) is 0 Å². The molecule has 4 aromatic rings. The zero-order valence-corrected chi connectivity index (χ0v) is 29.2. The van der Waals surface area contributed by atoms with Gasteiger partial charge in [0, 0.05) is 35.7 Å². The second kappa shape index (κ2) is 15.2. The van der Waals surface area contributed by atoms with E-state index in [0.717, 1.165) is 18.7 Å². The average Bonchev–Trinajstić information content (AvgIpc) is 3.01. The topological polar surface area (TPSA) is 21.7 Å². The Morgan fingerprint density at radius 1 is 0.750 bits per heavy atom. The van der Waals surface area contributed by atoms with E-state index in [1.807, 2.05) is 0 Å². The SMILES string of the molecule is CCCCCC(C)(Pc1c(C)cccc1CN(c1ccccc1)c1ccccc1)c1cc(C(C)(C)C)cc(C)c1OCOC. The quantitative estimate of drug-likeness (QED) is 0.0806. The monoisotopic (exact) mass is 609 g/mol. The van der Waals surface area contributed by atoms with E-state index < -0.39 is 0 Å². The molecule has 2 atom stereocenters. The molecule has 0 aromatic heterocycles. The molecule has 4 rings (SSSR count). The summed E-state index contributed by atoms with van der Waals surface area (Å²) < 4.78 is 11.8. The molecule has 0 saturated heterocycles. The normalized spacial score (nSPS) is 13.3. The lowest BCUT2D eigenvalue weighted by molar-refractivity contribution is 0.0494. The predicted molar refractivity (Wildman–Crippen MR) is 192 cm³/mol. The highest BCUT2D eigenvalue weighted by Crippen LogP contribution is 2.51. The Hall–Kier alpha value is -3.13. The largest absolute Gasteiger partial charge is 0.467 e. The van der Waals surface area contributed by atoms with Crippen LogP contribution in [0.25, 0.3) is 0 Å². The first-order valence-corrected chi connectivity index (χ1v) is 17.1. The van der Waals surface area contributed by atoms with Crippen molar-refractivity contribution in [1.29, 1.82) is 0 Å². The van der Waals surface area contributed by atoms with Crippen molar-refractivity contribution in [3.8, 4) is 5.75 Å². The summed E-state index contributed by atoms with van der Waals surface area (Å²) in [5.41, 5.74) is 9.00. The fourth-order valence-electron chi connectivity index (χ4n) is 5.95. The zero-order valence-electron chi connectivity index (χ0n) is 28.2. The van der Waals surface area contributed by atoms with Crippen LogP contribution in [0.2, 0.25) is 0 Å². The van der Waals surface area contributed by atoms with Gasteiger partial charge in [0.2, 0.25) is 0 Å². The third kappa shape index (κ3) is 8.32. The third-order valence-corrected chi connectivity index (χ3v) is 10.6. The van der Waals surface area contributed by atoms with Crippen molar-refractivity contribution in [3.05, 3.63) is 119 Å². The second-order valence-electron chi connectivity index (χ2n) is 13.3. The molecule has 44 heavy (non-hydrogen) atoms. The van der Waals surface area contributed by atoms with E-state index >= 15 is 0 Å². The summed E-state index contributed by atoms with van der Waals surface area (Å²) in [4.78, 5) is 2.44. The lowest BCUT2D eigenvalue weighted by atomic mass is 9.82. The number of hydrogen-bond acceptors (Lipinski definition) is 3. The Balaban J connectivity index is 1.85. The summed E-state index contributed by atoms with van der Waals surface area (Å²) in [7, 11) is 2.28. The summed E-state index contributed by atoms with van der Waals surface area (Å²) in [6.07, 6.45) is 4.71. The average molecular weight is 610 g/mol. The Bertz CT molecular complexity index is 1440. The van der Waals surface area contributed by atoms with Gasteiger partial charge < -0.3 is 14.4 Å². The Morgan fingerprint density at radius 3 is 1.95 bits per heavy atom. The molecule has 2 unspecified atom stereocenters. The zero-order chi connectivity index (χ0) is 31.7. The maximum absolute atomic E-state index is 6.39. The van der Waals surface area contributed by atoms with Gasteiger partial charge in [-0.3, -0.25) is 0 Å². The van der Waals surface area contributed by atoms with Gasteiger partial charge in [-0.15, -0.1) is 0 Å². The van der Waals surface area contributed by atoms with Crippen LogP contribution in [0.4, 0.5) is 11.4 Å². The van der Waals surface area contributed by atoms with Crippen molar-refractivity contribution in [2.24, 2.45) is 0 Å². The van der Waals surface area contributed by atoms with Crippen LogP contribution in [0.1, 0.15) is 88.1 Å². The van der Waals surface area contributed by atoms with E-state index in [1.54, 1.807) is 7.11 Å². The lowest BCUT2D eigenvalue weighted by Crippen LogP contribution is -2.27. The molecule has 0 N–H and O–H groups in total. The first-order chi connectivity index (χ1) is 21.1. The predicted octanol–water partition coefficient (Wildman–Crippen LogP) is 10.7. The molecule has 0 spiro atoms. The number of methoxy groups -OCH3 is 1. The van der Waals surface area contributed by atoms with Crippen LogP contribution in [0.15, 0.2) is 91.0 Å². The number of nitrogens with zero attached hydrogens (tertiary/aromatic N) is 1. The van der Waals surface area contributed by atoms with E-state index in [0.29, 0.717) is 8.58 Å². The maximum atomic E-state index is 6.39. The summed E-state index contributed by atoms with van der Waals surface area (Å²) in [6.45, 7) is 17.2. The van der Waals surface area contributed by atoms with Gasteiger partial charge in [0.1, 0.15) is 5.75 Å². The minimum atomic E-state index is -0.102. The van der Waals surface area contributed by atoms with Crippen LogP contribution >= 0.6 is 8.58 Å². The first kappa shape index (κ1) is 33.8. The minimum Gasteiger partial charge on any atom is -0.467 e.